The number of rotatable bonds is 1. The maximum atomic E-state index is 10.2. The number of nitrogens with zero attached hydrogens (tertiary/aromatic N) is 1. The zero-order valence-corrected chi connectivity index (χ0v) is 5.52. The molecule has 3 N–H and O–H groups in total. The van der Waals surface area contributed by atoms with Gasteiger partial charge in [-0.15, -0.1) is 0 Å². The zero-order valence-electron chi connectivity index (χ0n) is 5.52. The van der Waals surface area contributed by atoms with Crippen molar-refractivity contribution in [2.45, 2.75) is 0 Å². The first-order chi connectivity index (χ1) is 5.18. The predicted octanol–water partition coefficient (Wildman–Crippen LogP) is 0.245. The fourth-order valence-corrected chi connectivity index (χ4v) is 0.579. The minimum atomic E-state index is -0.933. The summed E-state index contributed by atoms with van der Waals surface area (Å²) in [7, 11) is 0. The molecule has 1 aromatic rings. The van der Waals surface area contributed by atoms with E-state index in [-0.39, 0.29) is 11.5 Å². The van der Waals surface area contributed by atoms with E-state index in [2.05, 4.69) is 9.72 Å². The predicted molar refractivity (Wildman–Crippen MR) is 36.1 cm³/mol. The van der Waals surface area contributed by atoms with Crippen LogP contribution in [-0.2, 0) is 0 Å². The van der Waals surface area contributed by atoms with Crippen LogP contribution in [0.25, 0.3) is 0 Å². The number of pyridine rings is 1. The van der Waals surface area contributed by atoms with Gasteiger partial charge in [-0.3, -0.25) is 4.98 Å². The normalized spacial score (nSPS) is 9.09. The Labute approximate surface area is 62.4 Å². The number of ether oxygens (including phenoxy) is 1. The number of carbonyl (C=O) groups is 1. The summed E-state index contributed by atoms with van der Waals surface area (Å²) in [5.41, 5.74) is 4.70. The first-order valence-corrected chi connectivity index (χ1v) is 2.80. The molecular formula is C6H6N2O3. The third-order valence-corrected chi connectivity index (χ3v) is 0.917. The molecule has 0 saturated heterocycles. The molecule has 11 heavy (non-hydrogen) atoms. The van der Waals surface area contributed by atoms with Gasteiger partial charge in [0, 0.05) is 6.07 Å². The van der Waals surface area contributed by atoms with E-state index in [1.165, 1.54) is 18.5 Å². The molecule has 0 unspecified atom stereocenters. The van der Waals surface area contributed by atoms with Crippen molar-refractivity contribution in [3.63, 3.8) is 0 Å². The maximum Gasteiger partial charge on any atom is 0.410 e. The van der Waals surface area contributed by atoms with Crippen LogP contribution in [0.2, 0.25) is 0 Å². The van der Waals surface area contributed by atoms with Crippen LogP contribution < -0.4 is 10.5 Å². The van der Waals surface area contributed by atoms with Gasteiger partial charge in [0.2, 0.25) is 0 Å². The Balaban J connectivity index is 2.79. The monoisotopic (exact) mass is 154 g/mol. The molecule has 1 rings (SSSR count). The molecule has 5 nitrogen and oxygen atoms in total. The lowest BCUT2D eigenvalue weighted by molar-refractivity contribution is 0.210. The van der Waals surface area contributed by atoms with Gasteiger partial charge in [0.25, 0.3) is 0 Å². The summed E-state index contributed by atoms with van der Waals surface area (Å²) in [5, 5.41) is 8.83. The fraction of sp³-hybridized carbons (Fsp3) is 0. The topological polar surface area (TPSA) is 85.4 Å². The molecular weight excluding hydrogens is 148 g/mol. The second-order valence-corrected chi connectivity index (χ2v) is 1.80. The Morgan fingerprint density at radius 2 is 2.36 bits per heavy atom. The number of hydrogen-bond donors (Lipinski definition) is 2. The van der Waals surface area contributed by atoms with Crippen LogP contribution in [0.1, 0.15) is 0 Å². The van der Waals surface area contributed by atoms with Crippen molar-refractivity contribution in [3.05, 3.63) is 18.5 Å². The van der Waals surface area contributed by atoms with Crippen molar-refractivity contribution in [1.29, 1.82) is 0 Å². The van der Waals surface area contributed by atoms with Crippen molar-refractivity contribution in [2.24, 2.45) is 5.73 Å². The smallest absolute Gasteiger partial charge is 0.410 e. The number of amides is 1. The van der Waals surface area contributed by atoms with Crippen LogP contribution >= 0.6 is 0 Å². The third-order valence-electron chi connectivity index (χ3n) is 0.917. The molecule has 1 aromatic heterocycles. The minimum Gasteiger partial charge on any atom is -0.506 e. The summed E-state index contributed by atoms with van der Waals surface area (Å²) in [6.45, 7) is 0. The number of nitrogens with two attached hydrogens (primary N) is 1. The lowest BCUT2D eigenvalue weighted by Crippen LogP contribution is -2.16. The average Bonchev–Trinajstić information content (AvgIpc) is 1.85. The van der Waals surface area contributed by atoms with Crippen molar-refractivity contribution in [3.8, 4) is 11.5 Å². The molecule has 0 atom stereocenters. The molecule has 0 bridgehead atoms. The number of primary amides is 1. The highest BCUT2D eigenvalue weighted by atomic mass is 16.5. The van der Waals surface area contributed by atoms with Crippen molar-refractivity contribution in [1.82, 2.24) is 4.98 Å². The van der Waals surface area contributed by atoms with Crippen molar-refractivity contribution >= 4 is 6.09 Å². The summed E-state index contributed by atoms with van der Waals surface area (Å²) in [4.78, 5) is 13.7. The molecule has 1 heterocycles. The highest BCUT2D eigenvalue weighted by Crippen LogP contribution is 2.14. The zero-order chi connectivity index (χ0) is 8.27. The Bertz CT molecular complexity index is 274. The highest BCUT2D eigenvalue weighted by molar-refractivity contribution is 5.67. The van der Waals surface area contributed by atoms with Gasteiger partial charge in [-0.25, -0.2) is 4.79 Å². The first kappa shape index (κ1) is 7.33. The van der Waals surface area contributed by atoms with Gasteiger partial charge >= 0.3 is 6.09 Å². The Morgan fingerprint density at radius 1 is 1.64 bits per heavy atom. The number of aromatic hydroxyl groups is 1. The van der Waals surface area contributed by atoms with E-state index in [1.807, 2.05) is 0 Å². The summed E-state index contributed by atoms with van der Waals surface area (Å²) < 4.78 is 4.41. The summed E-state index contributed by atoms with van der Waals surface area (Å²) >= 11 is 0. The maximum absolute atomic E-state index is 10.2. The number of hydrogen-bond acceptors (Lipinski definition) is 4. The van der Waals surface area contributed by atoms with E-state index >= 15 is 0 Å². The third kappa shape index (κ3) is 2.13. The molecule has 0 fully saturated rings. The molecule has 0 spiro atoms. The van der Waals surface area contributed by atoms with Crippen LogP contribution in [0.15, 0.2) is 18.5 Å². The Morgan fingerprint density at radius 3 is 2.91 bits per heavy atom. The molecule has 58 valence electrons. The van der Waals surface area contributed by atoms with E-state index in [0.717, 1.165) is 0 Å². The van der Waals surface area contributed by atoms with E-state index in [4.69, 9.17) is 10.8 Å². The van der Waals surface area contributed by atoms with Gasteiger partial charge in [0.1, 0.15) is 5.75 Å². The van der Waals surface area contributed by atoms with Gasteiger partial charge in [-0.05, 0) is 0 Å². The second-order valence-electron chi connectivity index (χ2n) is 1.80. The first-order valence-electron chi connectivity index (χ1n) is 2.80. The lowest BCUT2D eigenvalue weighted by atomic mass is 10.4. The molecule has 0 aliphatic carbocycles. The van der Waals surface area contributed by atoms with Gasteiger partial charge < -0.3 is 15.6 Å². The Hall–Kier alpha value is -1.78. The Kier molecular flexibility index (Phi) is 1.91. The van der Waals surface area contributed by atoms with Crippen LogP contribution in [-0.4, -0.2) is 16.2 Å². The van der Waals surface area contributed by atoms with E-state index < -0.39 is 6.09 Å². The minimum absolute atomic E-state index is 0.0799. The number of carbonyl (C=O) groups excluding carboxylic acids is 1. The quantitative estimate of drug-likeness (QED) is 0.606. The molecule has 0 aliphatic rings. The molecule has 0 aliphatic heterocycles. The van der Waals surface area contributed by atoms with Gasteiger partial charge in [0.05, 0.1) is 12.4 Å². The van der Waals surface area contributed by atoms with Crippen LogP contribution in [0.5, 0.6) is 11.5 Å². The highest BCUT2D eigenvalue weighted by Gasteiger charge is 1.98. The van der Waals surface area contributed by atoms with E-state index in [0.29, 0.717) is 0 Å². The lowest BCUT2D eigenvalue weighted by Gasteiger charge is -1.98. The molecule has 1 amide bonds. The SMILES string of the molecule is NC(=O)Oc1cncc(O)c1. The molecule has 0 radical (unpaired) electrons. The van der Waals surface area contributed by atoms with E-state index in [9.17, 15) is 4.79 Å². The van der Waals surface area contributed by atoms with Crippen molar-refractivity contribution in [2.75, 3.05) is 0 Å². The summed E-state index contributed by atoms with van der Waals surface area (Å²) in [6, 6.07) is 1.23. The van der Waals surface area contributed by atoms with Crippen LogP contribution in [0.3, 0.4) is 0 Å². The second kappa shape index (κ2) is 2.87. The van der Waals surface area contributed by atoms with Crippen LogP contribution in [0.4, 0.5) is 4.79 Å². The molecule has 0 aromatic carbocycles. The molecule has 0 saturated carbocycles. The van der Waals surface area contributed by atoms with E-state index in [1.54, 1.807) is 0 Å². The van der Waals surface area contributed by atoms with Crippen LogP contribution in [0, 0.1) is 0 Å². The largest absolute Gasteiger partial charge is 0.506 e. The average molecular weight is 154 g/mol. The summed E-state index contributed by atoms with van der Waals surface area (Å²) in [6.07, 6.45) is 1.55. The van der Waals surface area contributed by atoms with Gasteiger partial charge in [0.15, 0.2) is 5.75 Å². The standard InChI is InChI=1S/C6H6N2O3/c7-6(10)11-5-1-4(9)2-8-3-5/h1-3,9H,(H2,7,10). The van der Waals surface area contributed by atoms with Crippen molar-refractivity contribution < 1.29 is 14.6 Å². The van der Waals surface area contributed by atoms with Gasteiger partial charge in [-0.1, -0.05) is 0 Å². The molecule has 5 heteroatoms. The fourth-order valence-electron chi connectivity index (χ4n) is 0.579. The summed E-state index contributed by atoms with van der Waals surface area (Å²) in [5.74, 6) is 0.0428. The van der Waals surface area contributed by atoms with Gasteiger partial charge in [-0.2, -0.15) is 0 Å². The number of aromatic nitrogens is 1.